The van der Waals surface area contributed by atoms with Gasteiger partial charge in [0.25, 0.3) is 0 Å². The van der Waals surface area contributed by atoms with Gasteiger partial charge in [0, 0.05) is 17.1 Å². The number of aromatic hydroxyl groups is 1. The minimum atomic E-state index is -0.0278. The van der Waals surface area contributed by atoms with Gasteiger partial charge in [0.05, 0.1) is 5.52 Å². The molecule has 0 aliphatic rings. The Bertz CT molecular complexity index is 512. The van der Waals surface area contributed by atoms with Crippen molar-refractivity contribution in [1.29, 1.82) is 0 Å². The van der Waals surface area contributed by atoms with Crippen molar-refractivity contribution >= 4 is 10.9 Å². The lowest BCUT2D eigenvalue weighted by Crippen LogP contribution is -2.05. The maximum Gasteiger partial charge on any atom is 0.139 e. The SMILES string of the molecule is Cc1cc(O)c2[nH]c(C)c(C(C)N)c2c1. The molecule has 0 saturated carbocycles. The van der Waals surface area contributed by atoms with E-state index in [1.165, 1.54) is 0 Å². The number of aryl methyl sites for hydroxylation is 2. The van der Waals surface area contributed by atoms with Gasteiger partial charge in [-0.1, -0.05) is 0 Å². The summed E-state index contributed by atoms with van der Waals surface area (Å²) in [5.74, 6) is 0.292. The Kier molecular flexibility index (Phi) is 2.20. The van der Waals surface area contributed by atoms with Crippen LogP contribution < -0.4 is 5.73 Å². The highest BCUT2D eigenvalue weighted by Crippen LogP contribution is 2.32. The Morgan fingerprint density at radius 1 is 1.33 bits per heavy atom. The molecule has 3 heteroatoms. The Morgan fingerprint density at radius 3 is 2.60 bits per heavy atom. The molecule has 4 N–H and O–H groups in total. The molecular weight excluding hydrogens is 188 g/mol. The van der Waals surface area contributed by atoms with Crippen molar-refractivity contribution in [3.63, 3.8) is 0 Å². The lowest BCUT2D eigenvalue weighted by Gasteiger charge is -2.05. The van der Waals surface area contributed by atoms with E-state index < -0.39 is 0 Å². The molecule has 0 bridgehead atoms. The highest BCUT2D eigenvalue weighted by molar-refractivity contribution is 5.90. The van der Waals surface area contributed by atoms with Gasteiger partial charge >= 0.3 is 0 Å². The summed E-state index contributed by atoms with van der Waals surface area (Å²) < 4.78 is 0. The van der Waals surface area contributed by atoms with Crippen LogP contribution in [-0.4, -0.2) is 10.1 Å². The van der Waals surface area contributed by atoms with E-state index in [-0.39, 0.29) is 6.04 Å². The first-order valence-electron chi connectivity index (χ1n) is 5.08. The molecule has 0 aliphatic carbocycles. The molecule has 80 valence electrons. The predicted molar refractivity (Wildman–Crippen MR) is 62.0 cm³/mol. The molecule has 2 rings (SSSR count). The van der Waals surface area contributed by atoms with Gasteiger partial charge in [-0.05, 0) is 44.0 Å². The number of hydrogen-bond acceptors (Lipinski definition) is 2. The van der Waals surface area contributed by atoms with Crippen LogP contribution in [0.15, 0.2) is 12.1 Å². The van der Waals surface area contributed by atoms with Crippen molar-refractivity contribution in [2.24, 2.45) is 5.73 Å². The minimum absolute atomic E-state index is 0.0278. The van der Waals surface area contributed by atoms with Crippen molar-refractivity contribution in [2.45, 2.75) is 26.8 Å². The highest BCUT2D eigenvalue weighted by atomic mass is 16.3. The summed E-state index contributed by atoms with van der Waals surface area (Å²) in [4.78, 5) is 3.17. The van der Waals surface area contributed by atoms with Gasteiger partial charge in [0.2, 0.25) is 0 Å². The molecule has 1 unspecified atom stereocenters. The molecule has 1 aromatic heterocycles. The standard InChI is InChI=1S/C12H16N2O/c1-6-4-9-11(7(2)13)8(3)14-12(9)10(15)5-6/h4-5,7,14-15H,13H2,1-3H3. The van der Waals surface area contributed by atoms with Crippen LogP contribution in [0.1, 0.15) is 29.8 Å². The third kappa shape index (κ3) is 1.49. The summed E-state index contributed by atoms with van der Waals surface area (Å²) in [6.45, 7) is 5.90. The van der Waals surface area contributed by atoms with E-state index >= 15 is 0 Å². The number of nitrogens with two attached hydrogens (primary N) is 1. The van der Waals surface area contributed by atoms with Crippen LogP contribution in [-0.2, 0) is 0 Å². The third-order valence-electron chi connectivity index (χ3n) is 2.72. The maximum absolute atomic E-state index is 9.80. The van der Waals surface area contributed by atoms with Crippen LogP contribution >= 0.6 is 0 Å². The minimum Gasteiger partial charge on any atom is -0.506 e. The second-order valence-electron chi connectivity index (χ2n) is 4.16. The predicted octanol–water partition coefficient (Wildman–Crippen LogP) is 2.51. The van der Waals surface area contributed by atoms with E-state index in [2.05, 4.69) is 11.1 Å². The third-order valence-corrected chi connectivity index (χ3v) is 2.72. The molecule has 0 fully saturated rings. The van der Waals surface area contributed by atoms with Crippen molar-refractivity contribution in [2.75, 3.05) is 0 Å². The van der Waals surface area contributed by atoms with E-state index in [0.29, 0.717) is 5.75 Å². The van der Waals surface area contributed by atoms with Crippen molar-refractivity contribution in [1.82, 2.24) is 4.98 Å². The van der Waals surface area contributed by atoms with Crippen molar-refractivity contribution in [3.8, 4) is 5.75 Å². The average molecular weight is 204 g/mol. The molecule has 0 amide bonds. The first-order chi connectivity index (χ1) is 7.00. The number of aromatic nitrogens is 1. The van der Waals surface area contributed by atoms with E-state index in [4.69, 9.17) is 5.73 Å². The lowest BCUT2D eigenvalue weighted by atomic mass is 10.0. The zero-order chi connectivity index (χ0) is 11.2. The van der Waals surface area contributed by atoms with Crippen LogP contribution in [0.2, 0.25) is 0 Å². The summed E-state index contributed by atoms with van der Waals surface area (Å²) in [5.41, 5.74) is 9.86. The second-order valence-corrected chi connectivity index (χ2v) is 4.16. The molecule has 1 heterocycles. The Morgan fingerprint density at radius 2 is 2.00 bits per heavy atom. The normalized spacial score (nSPS) is 13.3. The Balaban J connectivity index is 2.86. The molecule has 0 radical (unpaired) electrons. The van der Waals surface area contributed by atoms with Gasteiger partial charge in [0.1, 0.15) is 5.75 Å². The first kappa shape index (κ1) is 10.1. The van der Waals surface area contributed by atoms with E-state index in [9.17, 15) is 5.11 Å². The van der Waals surface area contributed by atoms with Gasteiger partial charge in [-0.25, -0.2) is 0 Å². The smallest absolute Gasteiger partial charge is 0.139 e. The monoisotopic (exact) mass is 204 g/mol. The topological polar surface area (TPSA) is 62.0 Å². The zero-order valence-electron chi connectivity index (χ0n) is 9.26. The van der Waals surface area contributed by atoms with Gasteiger partial charge in [0.15, 0.2) is 0 Å². The van der Waals surface area contributed by atoms with Gasteiger partial charge in [-0.2, -0.15) is 0 Å². The number of phenolic OH excluding ortho intramolecular Hbond substituents is 1. The largest absolute Gasteiger partial charge is 0.506 e. The average Bonchev–Trinajstić information content (AvgIpc) is 2.41. The fourth-order valence-corrected chi connectivity index (χ4v) is 2.15. The molecule has 2 aromatic rings. The molecule has 15 heavy (non-hydrogen) atoms. The molecule has 1 aromatic carbocycles. The number of H-pyrrole nitrogens is 1. The molecular formula is C12H16N2O. The summed E-state index contributed by atoms with van der Waals surface area (Å²) in [6.07, 6.45) is 0. The van der Waals surface area contributed by atoms with Crippen molar-refractivity contribution in [3.05, 3.63) is 29.0 Å². The van der Waals surface area contributed by atoms with Crippen LogP contribution in [0.3, 0.4) is 0 Å². The number of nitrogens with one attached hydrogen (secondary N) is 1. The molecule has 0 spiro atoms. The van der Waals surface area contributed by atoms with E-state index in [1.54, 1.807) is 6.07 Å². The van der Waals surface area contributed by atoms with Gasteiger partial charge in [-0.3, -0.25) is 0 Å². The summed E-state index contributed by atoms with van der Waals surface area (Å²) in [6, 6.07) is 3.78. The number of rotatable bonds is 1. The van der Waals surface area contributed by atoms with Crippen LogP contribution in [0, 0.1) is 13.8 Å². The Hall–Kier alpha value is -1.48. The fourth-order valence-electron chi connectivity index (χ4n) is 2.15. The summed E-state index contributed by atoms with van der Waals surface area (Å²) in [7, 11) is 0. The van der Waals surface area contributed by atoms with Crippen LogP contribution in [0.25, 0.3) is 10.9 Å². The zero-order valence-corrected chi connectivity index (χ0v) is 9.26. The molecule has 3 nitrogen and oxygen atoms in total. The van der Waals surface area contributed by atoms with Crippen LogP contribution in [0.5, 0.6) is 5.75 Å². The van der Waals surface area contributed by atoms with Crippen molar-refractivity contribution < 1.29 is 5.11 Å². The van der Waals surface area contributed by atoms with Gasteiger partial charge in [-0.15, -0.1) is 0 Å². The number of fused-ring (bicyclic) bond motifs is 1. The van der Waals surface area contributed by atoms with Gasteiger partial charge < -0.3 is 15.8 Å². The molecule has 0 aliphatic heterocycles. The quantitative estimate of drug-likeness (QED) is 0.668. The second kappa shape index (κ2) is 3.28. The maximum atomic E-state index is 9.80. The van der Waals surface area contributed by atoms with E-state index in [1.807, 2.05) is 20.8 Å². The first-order valence-corrected chi connectivity index (χ1v) is 5.08. The number of aromatic amines is 1. The highest BCUT2D eigenvalue weighted by Gasteiger charge is 2.14. The van der Waals surface area contributed by atoms with Crippen LogP contribution in [0.4, 0.5) is 0 Å². The number of benzene rings is 1. The summed E-state index contributed by atoms with van der Waals surface area (Å²) >= 11 is 0. The molecule has 1 atom stereocenters. The fraction of sp³-hybridized carbons (Fsp3) is 0.333. The molecule has 0 saturated heterocycles. The summed E-state index contributed by atoms with van der Waals surface area (Å²) in [5, 5.41) is 10.8. The van der Waals surface area contributed by atoms with E-state index in [0.717, 1.165) is 27.7 Å². The lowest BCUT2D eigenvalue weighted by molar-refractivity contribution is 0.480. The number of hydrogen-bond donors (Lipinski definition) is 3. The Labute approximate surface area is 88.9 Å². The number of phenols is 1.